The van der Waals surface area contributed by atoms with Crippen LogP contribution in [0, 0.1) is 0 Å². The second kappa shape index (κ2) is 8.04. The van der Waals surface area contributed by atoms with E-state index in [0.717, 1.165) is 30.7 Å². The number of hydrogen-bond acceptors (Lipinski definition) is 4. The molecule has 0 aliphatic carbocycles. The van der Waals surface area contributed by atoms with E-state index in [0.29, 0.717) is 6.54 Å². The van der Waals surface area contributed by atoms with Gasteiger partial charge < -0.3 is 14.4 Å². The van der Waals surface area contributed by atoms with E-state index in [2.05, 4.69) is 4.98 Å². The van der Waals surface area contributed by atoms with Crippen molar-refractivity contribution < 1.29 is 14.3 Å². The number of nitrogens with zero attached hydrogens (tertiary/aromatic N) is 2. The fourth-order valence-corrected chi connectivity index (χ4v) is 2.99. The van der Waals surface area contributed by atoms with Crippen LogP contribution >= 0.6 is 0 Å². The molecule has 5 nitrogen and oxygen atoms in total. The largest absolute Gasteiger partial charge is 0.376 e. The van der Waals surface area contributed by atoms with Crippen molar-refractivity contribution in [3.05, 3.63) is 60.4 Å². The highest BCUT2D eigenvalue weighted by molar-refractivity contribution is 5.97. The standard InChI is InChI=1S/C19H22N2O3/c1-23-18(15-6-3-2-4-7-15)19(22)21(14-17-8-5-13-24-17)16-9-11-20-12-10-16/h2-4,6-7,9-12,17-18H,5,8,13-14H2,1H3/t17-,18+/m0/s1. The van der Waals surface area contributed by atoms with Crippen LogP contribution in [0.25, 0.3) is 0 Å². The van der Waals surface area contributed by atoms with Crippen molar-refractivity contribution in [2.75, 3.05) is 25.2 Å². The van der Waals surface area contributed by atoms with Crippen LogP contribution in [0.1, 0.15) is 24.5 Å². The Morgan fingerprint density at radius 2 is 2.04 bits per heavy atom. The van der Waals surface area contributed by atoms with Gasteiger partial charge in [0, 0.05) is 31.8 Å². The van der Waals surface area contributed by atoms with E-state index in [1.807, 2.05) is 42.5 Å². The monoisotopic (exact) mass is 326 g/mol. The Labute approximate surface area is 142 Å². The highest BCUT2D eigenvalue weighted by Gasteiger charge is 2.30. The number of hydrogen-bond donors (Lipinski definition) is 0. The van der Waals surface area contributed by atoms with E-state index in [-0.39, 0.29) is 12.0 Å². The molecule has 5 heteroatoms. The second-order valence-electron chi connectivity index (χ2n) is 5.82. The molecular formula is C19H22N2O3. The number of carbonyl (C=O) groups is 1. The Hall–Kier alpha value is -2.24. The molecule has 1 aliphatic heterocycles. The molecule has 2 aromatic rings. The number of amides is 1. The highest BCUT2D eigenvalue weighted by Crippen LogP contribution is 2.25. The van der Waals surface area contributed by atoms with Crippen LogP contribution in [0.5, 0.6) is 0 Å². The Kier molecular flexibility index (Phi) is 5.56. The summed E-state index contributed by atoms with van der Waals surface area (Å²) < 4.78 is 11.2. The number of aromatic nitrogens is 1. The van der Waals surface area contributed by atoms with Crippen molar-refractivity contribution in [1.29, 1.82) is 0 Å². The second-order valence-corrected chi connectivity index (χ2v) is 5.82. The minimum Gasteiger partial charge on any atom is -0.376 e. The fraction of sp³-hybridized carbons (Fsp3) is 0.368. The first-order valence-electron chi connectivity index (χ1n) is 8.20. The van der Waals surface area contributed by atoms with Gasteiger partial charge in [0.15, 0.2) is 6.10 Å². The lowest BCUT2D eigenvalue weighted by Gasteiger charge is -2.29. The lowest BCUT2D eigenvalue weighted by Crippen LogP contribution is -2.41. The summed E-state index contributed by atoms with van der Waals surface area (Å²) in [6.07, 6.45) is 4.81. The van der Waals surface area contributed by atoms with Gasteiger partial charge in [0.1, 0.15) is 0 Å². The van der Waals surface area contributed by atoms with Gasteiger partial charge >= 0.3 is 0 Å². The Balaban J connectivity index is 1.87. The summed E-state index contributed by atoms with van der Waals surface area (Å²) in [5, 5.41) is 0. The van der Waals surface area contributed by atoms with Crippen molar-refractivity contribution in [3.63, 3.8) is 0 Å². The molecule has 0 saturated carbocycles. The molecule has 0 N–H and O–H groups in total. The van der Waals surface area contributed by atoms with Crippen LogP contribution in [-0.4, -0.2) is 37.3 Å². The van der Waals surface area contributed by atoms with Gasteiger partial charge in [-0.1, -0.05) is 30.3 Å². The highest BCUT2D eigenvalue weighted by atomic mass is 16.5. The first kappa shape index (κ1) is 16.6. The Morgan fingerprint density at radius 1 is 1.29 bits per heavy atom. The Morgan fingerprint density at radius 3 is 2.67 bits per heavy atom. The van der Waals surface area contributed by atoms with Gasteiger partial charge in [0.25, 0.3) is 5.91 Å². The summed E-state index contributed by atoms with van der Waals surface area (Å²) in [6.45, 7) is 1.28. The molecule has 3 rings (SSSR count). The van der Waals surface area contributed by atoms with Gasteiger partial charge in [-0.3, -0.25) is 9.78 Å². The van der Waals surface area contributed by atoms with Gasteiger partial charge in [-0.05, 0) is 30.5 Å². The van der Waals surface area contributed by atoms with Gasteiger partial charge in [-0.2, -0.15) is 0 Å². The van der Waals surface area contributed by atoms with E-state index >= 15 is 0 Å². The molecule has 1 amide bonds. The first-order valence-corrected chi connectivity index (χ1v) is 8.20. The molecule has 1 aliphatic rings. The number of benzene rings is 1. The summed E-state index contributed by atoms with van der Waals surface area (Å²) in [5.74, 6) is -0.0922. The minimum atomic E-state index is -0.638. The molecule has 2 heterocycles. The molecule has 1 fully saturated rings. The zero-order valence-corrected chi connectivity index (χ0v) is 13.8. The van der Waals surface area contributed by atoms with Crippen LogP contribution in [0.4, 0.5) is 5.69 Å². The molecule has 24 heavy (non-hydrogen) atoms. The van der Waals surface area contributed by atoms with Crippen molar-refractivity contribution in [1.82, 2.24) is 4.98 Å². The van der Waals surface area contributed by atoms with Gasteiger partial charge in [0.05, 0.1) is 12.6 Å². The molecule has 1 aromatic heterocycles. The maximum Gasteiger partial charge on any atom is 0.260 e. The zero-order valence-electron chi connectivity index (χ0n) is 13.8. The van der Waals surface area contributed by atoms with Crippen LogP contribution in [0.15, 0.2) is 54.9 Å². The average molecular weight is 326 g/mol. The SMILES string of the molecule is CO[C@@H](C(=O)N(C[C@@H]1CCCO1)c1ccncc1)c1ccccc1. The number of rotatable bonds is 6. The van der Waals surface area contributed by atoms with Crippen LogP contribution in [0.2, 0.25) is 0 Å². The van der Waals surface area contributed by atoms with E-state index in [1.165, 1.54) is 0 Å². The average Bonchev–Trinajstić information content (AvgIpc) is 3.15. The summed E-state index contributed by atoms with van der Waals surface area (Å²) in [4.78, 5) is 19.0. The number of ether oxygens (including phenoxy) is 2. The molecule has 0 spiro atoms. The van der Waals surface area contributed by atoms with Gasteiger partial charge in [-0.15, -0.1) is 0 Å². The van der Waals surface area contributed by atoms with Crippen LogP contribution < -0.4 is 4.90 Å². The number of anilines is 1. The summed E-state index contributed by atoms with van der Waals surface area (Å²) in [5.41, 5.74) is 1.65. The van der Waals surface area contributed by atoms with Crippen LogP contribution in [-0.2, 0) is 14.3 Å². The Bertz CT molecular complexity index is 642. The topological polar surface area (TPSA) is 51.7 Å². The lowest BCUT2D eigenvalue weighted by molar-refractivity contribution is -0.129. The summed E-state index contributed by atoms with van der Waals surface area (Å²) >= 11 is 0. The van der Waals surface area contributed by atoms with Crippen LogP contribution in [0.3, 0.4) is 0 Å². The third-order valence-corrected chi connectivity index (χ3v) is 4.21. The molecular weight excluding hydrogens is 304 g/mol. The van der Waals surface area contributed by atoms with E-state index in [1.54, 1.807) is 24.4 Å². The minimum absolute atomic E-state index is 0.0652. The smallest absolute Gasteiger partial charge is 0.260 e. The third-order valence-electron chi connectivity index (χ3n) is 4.21. The molecule has 1 aromatic carbocycles. The summed E-state index contributed by atoms with van der Waals surface area (Å²) in [6, 6.07) is 13.2. The molecule has 0 unspecified atom stereocenters. The number of carbonyl (C=O) groups excluding carboxylic acids is 1. The molecule has 126 valence electrons. The van der Waals surface area contributed by atoms with E-state index < -0.39 is 6.10 Å². The van der Waals surface area contributed by atoms with Crippen molar-refractivity contribution in [3.8, 4) is 0 Å². The normalized spacial score (nSPS) is 18.3. The van der Waals surface area contributed by atoms with Crippen molar-refractivity contribution in [2.24, 2.45) is 0 Å². The van der Waals surface area contributed by atoms with E-state index in [9.17, 15) is 4.79 Å². The van der Waals surface area contributed by atoms with Crippen molar-refractivity contribution in [2.45, 2.75) is 25.0 Å². The van der Waals surface area contributed by atoms with Crippen molar-refractivity contribution >= 4 is 11.6 Å². The predicted molar refractivity (Wildman–Crippen MR) is 91.8 cm³/mol. The third kappa shape index (κ3) is 3.80. The first-order chi connectivity index (χ1) is 11.8. The molecule has 2 atom stereocenters. The molecule has 0 radical (unpaired) electrons. The summed E-state index contributed by atoms with van der Waals surface area (Å²) in [7, 11) is 1.56. The fourth-order valence-electron chi connectivity index (χ4n) is 2.99. The number of methoxy groups -OCH3 is 1. The van der Waals surface area contributed by atoms with Gasteiger partial charge in [0.2, 0.25) is 0 Å². The van der Waals surface area contributed by atoms with Gasteiger partial charge in [-0.25, -0.2) is 0 Å². The number of pyridine rings is 1. The maximum absolute atomic E-state index is 13.2. The maximum atomic E-state index is 13.2. The zero-order chi connectivity index (χ0) is 16.8. The molecule has 1 saturated heterocycles. The quantitative estimate of drug-likeness (QED) is 0.819. The lowest BCUT2D eigenvalue weighted by atomic mass is 10.1. The van der Waals surface area contributed by atoms with E-state index in [4.69, 9.17) is 9.47 Å². The molecule has 0 bridgehead atoms. The predicted octanol–water partition coefficient (Wildman–Crippen LogP) is 2.98.